The third-order valence-corrected chi connectivity index (χ3v) is 3.45. The van der Waals surface area contributed by atoms with Gasteiger partial charge in [0, 0.05) is 19.1 Å². The maximum absolute atomic E-state index is 12.0. The Balaban J connectivity index is 1.87. The molecule has 1 saturated heterocycles. The van der Waals surface area contributed by atoms with Crippen molar-refractivity contribution in [2.45, 2.75) is 32.2 Å². The number of hydrogen-bond acceptors (Lipinski definition) is 3. The summed E-state index contributed by atoms with van der Waals surface area (Å²) in [5, 5.41) is 0. The van der Waals surface area contributed by atoms with Crippen LogP contribution >= 0.6 is 0 Å². The molecule has 4 nitrogen and oxygen atoms in total. The van der Waals surface area contributed by atoms with Crippen molar-refractivity contribution in [3.05, 3.63) is 29.8 Å². The van der Waals surface area contributed by atoms with Gasteiger partial charge in [0.15, 0.2) is 6.61 Å². The maximum atomic E-state index is 12.0. The van der Waals surface area contributed by atoms with Crippen LogP contribution in [0.15, 0.2) is 24.3 Å². The van der Waals surface area contributed by atoms with Crippen molar-refractivity contribution in [2.24, 2.45) is 5.73 Å². The van der Waals surface area contributed by atoms with Gasteiger partial charge in [-0.2, -0.15) is 0 Å². The van der Waals surface area contributed by atoms with Gasteiger partial charge in [-0.25, -0.2) is 0 Å². The molecule has 1 aliphatic rings. The summed E-state index contributed by atoms with van der Waals surface area (Å²) in [6.07, 6.45) is 3.43. The lowest BCUT2D eigenvalue weighted by Crippen LogP contribution is -2.38. The Bertz CT molecular complexity index is 426. The molecule has 1 fully saturated rings. The van der Waals surface area contributed by atoms with Crippen LogP contribution in [0.4, 0.5) is 0 Å². The van der Waals surface area contributed by atoms with Crippen molar-refractivity contribution in [2.75, 3.05) is 19.7 Å². The molecule has 1 aromatic carbocycles. The van der Waals surface area contributed by atoms with E-state index in [0.717, 1.165) is 31.5 Å². The van der Waals surface area contributed by atoms with Gasteiger partial charge >= 0.3 is 0 Å². The zero-order valence-electron chi connectivity index (χ0n) is 11.5. The fourth-order valence-electron chi connectivity index (χ4n) is 2.27. The summed E-state index contributed by atoms with van der Waals surface area (Å²) in [6.45, 7) is 3.77. The molecule has 1 amide bonds. The molecule has 2 N–H and O–H groups in total. The molecular weight excluding hydrogens is 240 g/mol. The smallest absolute Gasteiger partial charge is 0.260 e. The van der Waals surface area contributed by atoms with Crippen molar-refractivity contribution in [1.29, 1.82) is 0 Å². The van der Waals surface area contributed by atoms with E-state index < -0.39 is 0 Å². The van der Waals surface area contributed by atoms with Gasteiger partial charge in [-0.1, -0.05) is 12.1 Å². The number of carbonyl (C=O) groups excluding carboxylic acids is 1. The van der Waals surface area contributed by atoms with Gasteiger partial charge in [0.25, 0.3) is 5.91 Å². The quantitative estimate of drug-likeness (QED) is 0.904. The predicted octanol–water partition coefficient (Wildman–Crippen LogP) is 2.10. The van der Waals surface area contributed by atoms with Crippen LogP contribution in [0.25, 0.3) is 0 Å². The summed E-state index contributed by atoms with van der Waals surface area (Å²) >= 11 is 0. The zero-order valence-corrected chi connectivity index (χ0v) is 11.5. The molecule has 1 heterocycles. The number of carbonyl (C=O) groups is 1. The van der Waals surface area contributed by atoms with Gasteiger partial charge in [-0.3, -0.25) is 4.79 Å². The number of benzene rings is 1. The summed E-state index contributed by atoms with van der Waals surface area (Å²) in [4.78, 5) is 13.9. The van der Waals surface area contributed by atoms with Crippen molar-refractivity contribution in [1.82, 2.24) is 4.90 Å². The highest BCUT2D eigenvalue weighted by atomic mass is 16.5. The average Bonchev–Trinajstić information content (AvgIpc) is 2.46. The fourth-order valence-corrected chi connectivity index (χ4v) is 2.27. The van der Waals surface area contributed by atoms with E-state index >= 15 is 0 Å². The van der Waals surface area contributed by atoms with Crippen molar-refractivity contribution in [3.63, 3.8) is 0 Å². The summed E-state index contributed by atoms with van der Waals surface area (Å²) < 4.78 is 5.57. The molecule has 19 heavy (non-hydrogen) atoms. The lowest BCUT2D eigenvalue weighted by atomic mass is 10.1. The molecule has 0 aromatic heterocycles. The van der Waals surface area contributed by atoms with Gasteiger partial charge < -0.3 is 15.4 Å². The number of ether oxygens (including phenoxy) is 1. The van der Waals surface area contributed by atoms with Gasteiger partial charge in [0.1, 0.15) is 5.75 Å². The third-order valence-electron chi connectivity index (χ3n) is 3.45. The van der Waals surface area contributed by atoms with Crippen molar-refractivity contribution in [3.8, 4) is 5.75 Å². The molecule has 1 aliphatic heterocycles. The van der Waals surface area contributed by atoms with E-state index in [1.54, 1.807) is 0 Å². The SMILES string of the molecule is C[C@H](N)c1cccc(OCC(=O)N2CCCCC2)c1. The molecule has 104 valence electrons. The Kier molecular flexibility index (Phi) is 4.80. The number of nitrogens with two attached hydrogens (primary N) is 1. The van der Waals surface area contributed by atoms with E-state index in [0.29, 0.717) is 5.75 Å². The van der Waals surface area contributed by atoms with Crippen molar-refractivity contribution < 1.29 is 9.53 Å². The topological polar surface area (TPSA) is 55.6 Å². The Morgan fingerprint density at radius 1 is 1.37 bits per heavy atom. The van der Waals surface area contributed by atoms with Crippen LogP contribution in [0.3, 0.4) is 0 Å². The largest absolute Gasteiger partial charge is 0.484 e. The van der Waals surface area contributed by atoms with E-state index in [1.165, 1.54) is 6.42 Å². The highest BCUT2D eigenvalue weighted by molar-refractivity contribution is 5.77. The van der Waals surface area contributed by atoms with Crippen LogP contribution in [-0.2, 0) is 4.79 Å². The molecule has 4 heteroatoms. The Morgan fingerprint density at radius 2 is 2.11 bits per heavy atom. The van der Waals surface area contributed by atoms with Gasteiger partial charge in [-0.15, -0.1) is 0 Å². The van der Waals surface area contributed by atoms with Crippen molar-refractivity contribution >= 4 is 5.91 Å². The Labute approximate surface area is 114 Å². The molecule has 2 rings (SSSR count). The lowest BCUT2D eigenvalue weighted by Gasteiger charge is -2.26. The van der Waals surface area contributed by atoms with Crippen LogP contribution in [0.5, 0.6) is 5.75 Å². The zero-order chi connectivity index (χ0) is 13.7. The second kappa shape index (κ2) is 6.57. The van der Waals surface area contributed by atoms with E-state index in [-0.39, 0.29) is 18.6 Å². The van der Waals surface area contributed by atoms with Gasteiger partial charge in [-0.05, 0) is 43.9 Å². The standard InChI is InChI=1S/C15H22N2O2/c1-12(16)13-6-5-7-14(10-13)19-11-15(18)17-8-3-2-4-9-17/h5-7,10,12H,2-4,8-9,11,16H2,1H3/t12-/m0/s1. The Morgan fingerprint density at radius 3 is 2.79 bits per heavy atom. The highest BCUT2D eigenvalue weighted by Gasteiger charge is 2.16. The third kappa shape index (κ3) is 3.96. The summed E-state index contributed by atoms with van der Waals surface area (Å²) in [6, 6.07) is 7.59. The molecule has 0 bridgehead atoms. The number of piperidine rings is 1. The number of likely N-dealkylation sites (tertiary alicyclic amines) is 1. The molecule has 0 saturated carbocycles. The predicted molar refractivity (Wildman–Crippen MR) is 75.0 cm³/mol. The molecular formula is C15H22N2O2. The van der Waals surface area contributed by atoms with E-state index in [9.17, 15) is 4.79 Å². The first-order valence-corrected chi connectivity index (χ1v) is 6.93. The van der Waals surface area contributed by atoms with E-state index in [1.807, 2.05) is 36.1 Å². The lowest BCUT2D eigenvalue weighted by molar-refractivity contribution is -0.134. The van der Waals surface area contributed by atoms with E-state index in [4.69, 9.17) is 10.5 Å². The highest BCUT2D eigenvalue weighted by Crippen LogP contribution is 2.18. The molecule has 0 aliphatic carbocycles. The first kappa shape index (κ1) is 13.9. The number of hydrogen-bond donors (Lipinski definition) is 1. The fraction of sp³-hybridized carbons (Fsp3) is 0.533. The minimum Gasteiger partial charge on any atom is -0.484 e. The van der Waals surface area contributed by atoms with Crippen LogP contribution in [0, 0.1) is 0 Å². The molecule has 1 aromatic rings. The molecule has 0 radical (unpaired) electrons. The molecule has 0 unspecified atom stereocenters. The van der Waals surface area contributed by atoms with Gasteiger partial charge in [0.2, 0.25) is 0 Å². The minimum atomic E-state index is -0.0265. The number of amides is 1. The summed E-state index contributed by atoms with van der Waals surface area (Å²) in [5.41, 5.74) is 6.84. The summed E-state index contributed by atoms with van der Waals surface area (Å²) in [5.74, 6) is 0.783. The van der Waals surface area contributed by atoms with Crippen LogP contribution in [-0.4, -0.2) is 30.5 Å². The number of nitrogens with zero attached hydrogens (tertiary/aromatic N) is 1. The van der Waals surface area contributed by atoms with Gasteiger partial charge in [0.05, 0.1) is 0 Å². The van der Waals surface area contributed by atoms with Crippen LogP contribution in [0.1, 0.15) is 37.8 Å². The number of rotatable bonds is 4. The van der Waals surface area contributed by atoms with Crippen LogP contribution in [0.2, 0.25) is 0 Å². The molecule has 0 spiro atoms. The minimum absolute atomic E-state index is 0.0265. The second-order valence-corrected chi connectivity index (χ2v) is 5.09. The second-order valence-electron chi connectivity index (χ2n) is 5.09. The maximum Gasteiger partial charge on any atom is 0.260 e. The first-order chi connectivity index (χ1) is 9.16. The average molecular weight is 262 g/mol. The molecule has 1 atom stereocenters. The first-order valence-electron chi connectivity index (χ1n) is 6.93. The Hall–Kier alpha value is -1.55. The normalized spacial score (nSPS) is 17.1. The summed E-state index contributed by atoms with van der Waals surface area (Å²) in [7, 11) is 0. The van der Waals surface area contributed by atoms with E-state index in [2.05, 4.69) is 0 Å². The monoisotopic (exact) mass is 262 g/mol. The van der Waals surface area contributed by atoms with Crippen LogP contribution < -0.4 is 10.5 Å².